The maximum absolute atomic E-state index is 13.0. The number of hydrogen-bond donors (Lipinski definition) is 1. The molecule has 1 aromatic heterocycles. The van der Waals surface area contributed by atoms with Crippen LogP contribution in [0.15, 0.2) is 69.8 Å². The van der Waals surface area contributed by atoms with Crippen LogP contribution in [0.3, 0.4) is 0 Å². The zero-order valence-corrected chi connectivity index (χ0v) is 13.6. The van der Waals surface area contributed by atoms with E-state index in [0.29, 0.717) is 11.1 Å². The van der Waals surface area contributed by atoms with E-state index in [1.54, 1.807) is 42.5 Å². The summed E-state index contributed by atoms with van der Waals surface area (Å²) in [6.07, 6.45) is 0. The molecule has 2 aromatic carbocycles. The maximum Gasteiger partial charge on any atom is 0.216 e. The van der Waals surface area contributed by atoms with Gasteiger partial charge in [0, 0.05) is 5.56 Å². The highest BCUT2D eigenvalue weighted by Crippen LogP contribution is 2.43. The Morgan fingerprint density at radius 2 is 1.52 bits per heavy atom. The summed E-state index contributed by atoms with van der Waals surface area (Å²) in [4.78, 5) is 0.183. The minimum absolute atomic E-state index is 0.101. The lowest BCUT2D eigenvalue weighted by Crippen LogP contribution is -2.01. The van der Waals surface area contributed by atoms with Gasteiger partial charge in [-0.3, -0.25) is 0 Å². The molecule has 2 N–H and O–H groups in total. The van der Waals surface area contributed by atoms with E-state index in [4.69, 9.17) is 5.73 Å². The molecule has 1 heterocycles. The highest BCUT2D eigenvalue weighted by molar-refractivity contribution is 7.93. The fourth-order valence-electron chi connectivity index (χ4n) is 2.30. The van der Waals surface area contributed by atoms with Crippen LogP contribution in [0, 0.1) is 11.3 Å². The third-order valence-electron chi connectivity index (χ3n) is 3.38. The number of nitrogens with two attached hydrogens (primary N) is 1. The third-order valence-corrected chi connectivity index (χ3v) is 6.68. The van der Waals surface area contributed by atoms with Crippen molar-refractivity contribution in [2.75, 3.05) is 5.73 Å². The molecule has 4 nitrogen and oxygen atoms in total. The maximum atomic E-state index is 13.0. The van der Waals surface area contributed by atoms with Crippen molar-refractivity contribution in [3.63, 3.8) is 0 Å². The van der Waals surface area contributed by atoms with Crippen LogP contribution in [-0.4, -0.2) is 8.42 Å². The Kier molecular flexibility index (Phi) is 3.90. The van der Waals surface area contributed by atoms with E-state index in [0.717, 1.165) is 11.3 Å². The summed E-state index contributed by atoms with van der Waals surface area (Å²) >= 11 is 0.929. The first-order chi connectivity index (χ1) is 11.1. The Morgan fingerprint density at radius 3 is 2.09 bits per heavy atom. The van der Waals surface area contributed by atoms with Crippen molar-refractivity contribution in [2.45, 2.75) is 9.10 Å². The molecule has 0 bridgehead atoms. The Balaban J connectivity index is 2.32. The van der Waals surface area contributed by atoms with E-state index in [1.165, 1.54) is 12.1 Å². The summed E-state index contributed by atoms with van der Waals surface area (Å²) in [5.41, 5.74) is 7.13. The van der Waals surface area contributed by atoms with Gasteiger partial charge in [0.1, 0.15) is 15.3 Å². The normalized spacial score (nSPS) is 11.1. The topological polar surface area (TPSA) is 83.9 Å². The molecule has 3 rings (SSSR count). The summed E-state index contributed by atoms with van der Waals surface area (Å²) in [7, 11) is -3.74. The molecule has 0 saturated carbocycles. The number of thiophene rings is 1. The van der Waals surface area contributed by atoms with Gasteiger partial charge in [-0.1, -0.05) is 48.5 Å². The molecule has 0 radical (unpaired) electrons. The molecule has 0 aliphatic heterocycles. The second-order valence-corrected chi connectivity index (χ2v) is 8.00. The van der Waals surface area contributed by atoms with Gasteiger partial charge in [-0.05, 0) is 17.7 Å². The van der Waals surface area contributed by atoms with E-state index in [2.05, 4.69) is 0 Å². The molecular formula is C17H12N2O2S2. The molecule has 0 aliphatic carbocycles. The van der Waals surface area contributed by atoms with Gasteiger partial charge in [-0.2, -0.15) is 5.26 Å². The highest BCUT2D eigenvalue weighted by Gasteiger charge is 2.28. The fourth-order valence-corrected chi connectivity index (χ4v) is 5.29. The number of nitriles is 1. The number of nitrogen functional groups attached to an aromatic ring is 1. The second kappa shape index (κ2) is 5.88. The van der Waals surface area contributed by atoms with Crippen molar-refractivity contribution in [3.05, 3.63) is 66.2 Å². The fraction of sp³-hybridized carbons (Fsp3) is 0. The van der Waals surface area contributed by atoms with E-state index in [-0.39, 0.29) is 19.7 Å². The van der Waals surface area contributed by atoms with Gasteiger partial charge in [0.15, 0.2) is 0 Å². The summed E-state index contributed by atoms with van der Waals surface area (Å²) in [5.74, 6) is 0. The second-order valence-electron chi connectivity index (χ2n) is 4.80. The van der Waals surface area contributed by atoms with Gasteiger partial charge in [0.25, 0.3) is 0 Å². The smallest absolute Gasteiger partial charge is 0.216 e. The first kappa shape index (κ1) is 15.3. The molecule has 0 amide bonds. The van der Waals surface area contributed by atoms with E-state index in [1.807, 2.05) is 12.1 Å². The Labute approximate surface area is 138 Å². The van der Waals surface area contributed by atoms with Gasteiger partial charge < -0.3 is 5.73 Å². The Morgan fingerprint density at radius 1 is 0.957 bits per heavy atom. The summed E-state index contributed by atoms with van der Waals surface area (Å²) in [6.45, 7) is 0. The molecule has 0 aliphatic rings. The van der Waals surface area contributed by atoms with Gasteiger partial charge in [-0.25, -0.2) is 8.42 Å². The zero-order chi connectivity index (χ0) is 16.4. The zero-order valence-electron chi connectivity index (χ0n) is 11.9. The van der Waals surface area contributed by atoms with Crippen LogP contribution in [0.5, 0.6) is 0 Å². The van der Waals surface area contributed by atoms with Crippen molar-refractivity contribution in [1.82, 2.24) is 0 Å². The monoisotopic (exact) mass is 340 g/mol. The standard InChI is InChI=1S/C17H12N2O2S2/c18-11-14-15(12-7-3-1-4-8-12)17(22-16(14)19)23(20,21)13-9-5-2-6-10-13/h1-10H,19H2. The molecule has 0 fully saturated rings. The van der Waals surface area contributed by atoms with Crippen LogP contribution < -0.4 is 5.73 Å². The molecule has 6 heteroatoms. The number of benzene rings is 2. The highest BCUT2D eigenvalue weighted by atomic mass is 32.2. The number of anilines is 1. The minimum atomic E-state index is -3.74. The minimum Gasteiger partial charge on any atom is -0.389 e. The Bertz CT molecular complexity index is 986. The van der Waals surface area contributed by atoms with Gasteiger partial charge in [-0.15, -0.1) is 11.3 Å². The molecule has 0 saturated heterocycles. The van der Waals surface area contributed by atoms with Crippen LogP contribution in [0.4, 0.5) is 5.00 Å². The third kappa shape index (κ3) is 2.61. The predicted molar refractivity (Wildman–Crippen MR) is 90.8 cm³/mol. The van der Waals surface area contributed by atoms with Crippen molar-refractivity contribution in [1.29, 1.82) is 5.26 Å². The van der Waals surface area contributed by atoms with Gasteiger partial charge >= 0.3 is 0 Å². The summed E-state index contributed by atoms with van der Waals surface area (Å²) in [5, 5.41) is 9.60. The largest absolute Gasteiger partial charge is 0.389 e. The van der Waals surface area contributed by atoms with Crippen LogP contribution >= 0.6 is 11.3 Å². The predicted octanol–water partition coefficient (Wildman–Crippen LogP) is 3.70. The average molecular weight is 340 g/mol. The van der Waals surface area contributed by atoms with Gasteiger partial charge in [0.2, 0.25) is 9.84 Å². The number of hydrogen-bond acceptors (Lipinski definition) is 5. The molecular weight excluding hydrogens is 328 g/mol. The lowest BCUT2D eigenvalue weighted by molar-refractivity contribution is 0.598. The first-order valence-electron chi connectivity index (χ1n) is 6.73. The quantitative estimate of drug-likeness (QED) is 0.788. The van der Waals surface area contributed by atoms with Crippen LogP contribution in [-0.2, 0) is 9.84 Å². The first-order valence-corrected chi connectivity index (χ1v) is 9.03. The number of sulfone groups is 1. The molecule has 114 valence electrons. The summed E-state index contributed by atoms with van der Waals surface area (Å²) in [6, 6.07) is 19.1. The van der Waals surface area contributed by atoms with E-state index in [9.17, 15) is 13.7 Å². The average Bonchev–Trinajstić information content (AvgIpc) is 2.93. The van der Waals surface area contributed by atoms with E-state index >= 15 is 0 Å². The van der Waals surface area contributed by atoms with Crippen molar-refractivity contribution >= 4 is 26.2 Å². The molecule has 23 heavy (non-hydrogen) atoms. The lowest BCUT2D eigenvalue weighted by atomic mass is 10.1. The SMILES string of the molecule is N#Cc1c(N)sc(S(=O)(=O)c2ccccc2)c1-c1ccccc1. The molecule has 0 atom stereocenters. The molecule has 0 spiro atoms. The summed E-state index contributed by atoms with van der Waals surface area (Å²) < 4.78 is 26.0. The van der Waals surface area contributed by atoms with Crippen LogP contribution in [0.25, 0.3) is 11.1 Å². The van der Waals surface area contributed by atoms with Crippen molar-refractivity contribution in [2.24, 2.45) is 0 Å². The van der Waals surface area contributed by atoms with Gasteiger partial charge in [0.05, 0.1) is 10.5 Å². The lowest BCUT2D eigenvalue weighted by Gasteiger charge is -2.06. The number of rotatable bonds is 3. The molecule has 0 unspecified atom stereocenters. The molecule has 3 aromatic rings. The number of nitrogens with zero attached hydrogens (tertiary/aromatic N) is 1. The van der Waals surface area contributed by atoms with Crippen molar-refractivity contribution in [3.8, 4) is 17.2 Å². The van der Waals surface area contributed by atoms with Crippen LogP contribution in [0.2, 0.25) is 0 Å². The van der Waals surface area contributed by atoms with Crippen LogP contribution in [0.1, 0.15) is 5.56 Å². The van der Waals surface area contributed by atoms with E-state index < -0.39 is 9.84 Å². The Hall–Kier alpha value is -2.62. The van der Waals surface area contributed by atoms with Crippen molar-refractivity contribution < 1.29 is 8.42 Å².